The van der Waals surface area contributed by atoms with Crippen molar-refractivity contribution in [1.29, 1.82) is 0 Å². The van der Waals surface area contributed by atoms with Gasteiger partial charge in [0, 0.05) is 18.0 Å². The van der Waals surface area contributed by atoms with Gasteiger partial charge in [-0.3, -0.25) is 9.59 Å². The fraction of sp³-hybridized carbons (Fsp3) is 0.231. The predicted molar refractivity (Wildman–Crippen MR) is 126 cm³/mol. The predicted octanol–water partition coefficient (Wildman–Crippen LogP) is 4.39. The normalized spacial score (nSPS) is 12.3. The Kier molecular flexibility index (Phi) is 8.14. The molecule has 0 N–H and O–H groups in total. The van der Waals surface area contributed by atoms with Gasteiger partial charge >= 0.3 is 5.97 Å². The van der Waals surface area contributed by atoms with Gasteiger partial charge in [-0.15, -0.1) is 0 Å². The van der Waals surface area contributed by atoms with Crippen LogP contribution in [0.4, 0.5) is 0 Å². The minimum atomic E-state index is -4.04. The molecule has 0 aliphatic rings. The van der Waals surface area contributed by atoms with E-state index in [1.54, 1.807) is 49.4 Å². The van der Waals surface area contributed by atoms with Gasteiger partial charge in [0.25, 0.3) is 0 Å². The van der Waals surface area contributed by atoms with Crippen molar-refractivity contribution >= 4 is 21.8 Å². The number of rotatable bonds is 10. The number of ketones is 1. The zero-order valence-corrected chi connectivity index (χ0v) is 19.5. The molecule has 1 atom stereocenters. The molecule has 0 heterocycles. The van der Waals surface area contributed by atoms with E-state index >= 15 is 0 Å². The number of benzene rings is 3. The molecular weight excluding hydrogens is 438 g/mol. The van der Waals surface area contributed by atoms with Crippen molar-refractivity contribution in [3.05, 3.63) is 102 Å². The van der Waals surface area contributed by atoms with Crippen molar-refractivity contribution in [1.82, 2.24) is 4.31 Å². The van der Waals surface area contributed by atoms with E-state index in [0.717, 1.165) is 15.4 Å². The molecule has 0 saturated heterocycles. The van der Waals surface area contributed by atoms with E-state index in [1.165, 1.54) is 12.1 Å². The summed E-state index contributed by atoms with van der Waals surface area (Å²) in [4.78, 5) is 25.4. The molecular formula is C26H27NO5S. The van der Waals surface area contributed by atoms with Crippen molar-refractivity contribution in [3.63, 3.8) is 0 Å². The van der Waals surface area contributed by atoms with Crippen LogP contribution in [0.25, 0.3) is 0 Å². The quantitative estimate of drug-likeness (QED) is 0.328. The highest BCUT2D eigenvalue weighted by Crippen LogP contribution is 2.21. The van der Waals surface area contributed by atoms with Gasteiger partial charge < -0.3 is 4.74 Å². The minimum absolute atomic E-state index is 0.0371. The maximum absolute atomic E-state index is 13.4. The van der Waals surface area contributed by atoms with Crippen LogP contribution in [0.3, 0.4) is 0 Å². The van der Waals surface area contributed by atoms with Crippen LogP contribution in [-0.2, 0) is 26.2 Å². The average molecular weight is 466 g/mol. The number of ether oxygens (including phenoxy) is 1. The monoisotopic (exact) mass is 465 g/mol. The molecule has 0 unspecified atom stereocenters. The van der Waals surface area contributed by atoms with Crippen molar-refractivity contribution in [3.8, 4) is 0 Å². The first-order valence-electron chi connectivity index (χ1n) is 10.6. The Morgan fingerprint density at radius 3 is 2.06 bits per heavy atom. The first kappa shape index (κ1) is 24.4. The van der Waals surface area contributed by atoms with Gasteiger partial charge in [0.1, 0.15) is 13.2 Å². The molecule has 6 nitrogen and oxygen atoms in total. The molecule has 3 aromatic carbocycles. The Balaban J connectivity index is 1.81. The average Bonchev–Trinajstić information content (AvgIpc) is 2.82. The van der Waals surface area contributed by atoms with Gasteiger partial charge in [0.2, 0.25) is 10.0 Å². The molecule has 0 aliphatic carbocycles. The van der Waals surface area contributed by atoms with Gasteiger partial charge in [-0.05, 0) is 31.5 Å². The van der Waals surface area contributed by atoms with Crippen LogP contribution in [0, 0.1) is 6.92 Å². The Morgan fingerprint density at radius 1 is 0.879 bits per heavy atom. The summed E-state index contributed by atoms with van der Waals surface area (Å²) in [6, 6.07) is 23.4. The molecule has 0 amide bonds. The first-order valence-corrected chi connectivity index (χ1v) is 12.1. The van der Waals surface area contributed by atoms with E-state index < -0.39 is 28.6 Å². The van der Waals surface area contributed by atoms with Gasteiger partial charge in [0.05, 0.1) is 4.90 Å². The number of carbonyl (C=O) groups excluding carboxylic acids is 2. The summed E-state index contributed by atoms with van der Waals surface area (Å²) in [6.07, 6.45) is -0.0684. The van der Waals surface area contributed by atoms with Crippen molar-refractivity contribution in [2.24, 2.45) is 0 Å². The Morgan fingerprint density at radius 2 is 1.45 bits per heavy atom. The third kappa shape index (κ3) is 6.60. The van der Waals surface area contributed by atoms with E-state index in [4.69, 9.17) is 4.74 Å². The van der Waals surface area contributed by atoms with Gasteiger partial charge in [0.15, 0.2) is 5.78 Å². The summed E-state index contributed by atoms with van der Waals surface area (Å²) in [5, 5.41) is 0. The van der Waals surface area contributed by atoms with Gasteiger partial charge in [-0.1, -0.05) is 78.4 Å². The van der Waals surface area contributed by atoms with Crippen LogP contribution in [0.2, 0.25) is 0 Å². The summed E-state index contributed by atoms with van der Waals surface area (Å²) >= 11 is 0. The summed E-state index contributed by atoms with van der Waals surface area (Å²) in [5.74, 6) is -0.890. The zero-order chi connectivity index (χ0) is 23.8. The maximum Gasteiger partial charge on any atom is 0.321 e. The Bertz CT molecular complexity index is 1180. The highest BCUT2D eigenvalue weighted by atomic mass is 32.2. The van der Waals surface area contributed by atoms with Crippen molar-refractivity contribution in [2.75, 3.05) is 6.54 Å². The molecule has 0 aromatic heterocycles. The molecule has 0 spiro atoms. The van der Waals surface area contributed by atoms with E-state index in [0.29, 0.717) is 5.56 Å². The number of Topliss-reactive ketones (excluding diaryl/α,β-unsaturated/α-hetero) is 1. The van der Waals surface area contributed by atoms with Crippen LogP contribution < -0.4 is 0 Å². The topological polar surface area (TPSA) is 80.8 Å². The molecule has 0 aliphatic heterocycles. The third-order valence-corrected chi connectivity index (χ3v) is 7.20. The molecule has 33 heavy (non-hydrogen) atoms. The van der Waals surface area contributed by atoms with Crippen LogP contribution in [0.1, 0.15) is 34.8 Å². The molecule has 172 valence electrons. The second kappa shape index (κ2) is 11.0. The fourth-order valence-corrected chi connectivity index (χ4v) is 4.92. The summed E-state index contributed by atoms with van der Waals surface area (Å²) in [7, 11) is -4.04. The number of nitrogens with zero attached hydrogens (tertiary/aromatic N) is 1. The number of carbonyl (C=O) groups is 2. The first-order chi connectivity index (χ1) is 15.8. The van der Waals surface area contributed by atoms with Crippen LogP contribution in [0.5, 0.6) is 0 Å². The molecule has 0 fully saturated rings. The van der Waals surface area contributed by atoms with E-state index in [-0.39, 0.29) is 23.7 Å². The fourth-order valence-electron chi connectivity index (χ4n) is 3.35. The summed E-state index contributed by atoms with van der Waals surface area (Å²) < 4.78 is 33.2. The lowest BCUT2D eigenvalue weighted by atomic mass is 10.0. The number of sulfonamides is 1. The van der Waals surface area contributed by atoms with Crippen LogP contribution in [-0.4, -0.2) is 37.1 Å². The molecule has 7 heteroatoms. The molecule has 0 radical (unpaired) electrons. The van der Waals surface area contributed by atoms with Crippen LogP contribution in [0.15, 0.2) is 89.8 Å². The number of esters is 1. The largest absolute Gasteiger partial charge is 0.460 e. The second-order valence-electron chi connectivity index (χ2n) is 7.85. The van der Waals surface area contributed by atoms with Crippen molar-refractivity contribution in [2.45, 2.75) is 37.8 Å². The molecule has 3 rings (SSSR count). The van der Waals surface area contributed by atoms with Crippen LogP contribution >= 0.6 is 0 Å². The van der Waals surface area contributed by atoms with Gasteiger partial charge in [-0.25, -0.2) is 8.42 Å². The van der Waals surface area contributed by atoms with E-state index in [2.05, 4.69) is 0 Å². The third-order valence-electron chi connectivity index (χ3n) is 5.22. The lowest BCUT2D eigenvalue weighted by molar-refractivity contribution is -0.145. The highest BCUT2D eigenvalue weighted by Gasteiger charge is 2.32. The summed E-state index contributed by atoms with van der Waals surface area (Å²) in [5.41, 5.74) is 2.20. The molecule has 0 bridgehead atoms. The number of hydrogen-bond donors (Lipinski definition) is 0. The molecule has 3 aromatic rings. The Labute approximate surface area is 194 Å². The smallest absolute Gasteiger partial charge is 0.321 e. The Hall–Kier alpha value is -3.29. The zero-order valence-electron chi connectivity index (χ0n) is 18.7. The lowest BCUT2D eigenvalue weighted by Gasteiger charge is -2.27. The maximum atomic E-state index is 13.4. The minimum Gasteiger partial charge on any atom is -0.460 e. The molecule has 0 saturated carbocycles. The van der Waals surface area contributed by atoms with E-state index in [1.807, 2.05) is 37.3 Å². The standard InChI is InChI=1S/C26H27NO5S/c1-20-13-15-24(16-14-20)33(30,31)27(18-26(29)32-19-22-9-5-3-6-10-22)21(2)17-25(28)23-11-7-4-8-12-23/h3-16,21H,17-19H2,1-2H3/t21-/m1/s1. The van der Waals surface area contributed by atoms with Crippen molar-refractivity contribution < 1.29 is 22.7 Å². The highest BCUT2D eigenvalue weighted by molar-refractivity contribution is 7.89. The lowest BCUT2D eigenvalue weighted by Crippen LogP contribution is -2.43. The number of hydrogen-bond acceptors (Lipinski definition) is 5. The number of aryl methyl sites for hydroxylation is 1. The van der Waals surface area contributed by atoms with Gasteiger partial charge in [-0.2, -0.15) is 4.31 Å². The second-order valence-corrected chi connectivity index (χ2v) is 9.74. The summed E-state index contributed by atoms with van der Waals surface area (Å²) in [6.45, 7) is 3.02. The van der Waals surface area contributed by atoms with E-state index in [9.17, 15) is 18.0 Å². The SMILES string of the molecule is Cc1ccc(S(=O)(=O)N(CC(=O)OCc2ccccc2)[C@H](C)CC(=O)c2ccccc2)cc1.